The normalized spacial score (nSPS) is 17.0. The molecule has 1 aliphatic heterocycles. The molecule has 1 fully saturated rings. The number of carbonyl (C=O) groups excluding carboxylic acids is 1. The molecule has 0 unspecified atom stereocenters. The lowest BCUT2D eigenvalue weighted by molar-refractivity contribution is 0.0192. The second kappa shape index (κ2) is 9.44. The number of likely N-dealkylation sites (tertiary alicyclic amines) is 1. The van der Waals surface area contributed by atoms with Gasteiger partial charge in [-0.25, -0.2) is 4.79 Å². The van der Waals surface area contributed by atoms with E-state index in [4.69, 9.17) is 21.1 Å². The first-order valence-electron chi connectivity index (χ1n) is 9.01. The molecule has 1 aromatic rings. The minimum absolute atomic E-state index is 0.174. The Bertz CT molecular complexity index is 583. The van der Waals surface area contributed by atoms with Crippen LogP contribution in [0.1, 0.15) is 33.6 Å². The van der Waals surface area contributed by atoms with Crippen molar-refractivity contribution in [3.05, 3.63) is 29.3 Å². The van der Waals surface area contributed by atoms with Crippen LogP contribution < -0.4 is 10.1 Å². The van der Waals surface area contributed by atoms with Crippen LogP contribution in [0.2, 0.25) is 5.02 Å². The summed E-state index contributed by atoms with van der Waals surface area (Å²) in [5.74, 6) is 0.568. The van der Waals surface area contributed by atoms with Gasteiger partial charge in [0.05, 0.1) is 5.02 Å². The van der Waals surface area contributed by atoms with E-state index in [9.17, 15) is 9.90 Å². The quantitative estimate of drug-likeness (QED) is 0.788. The molecule has 1 heterocycles. The van der Waals surface area contributed by atoms with E-state index in [0.29, 0.717) is 30.4 Å². The second-order valence-electron chi connectivity index (χ2n) is 7.55. The van der Waals surface area contributed by atoms with Crippen molar-refractivity contribution < 1.29 is 19.4 Å². The predicted molar refractivity (Wildman–Crippen MR) is 102 cm³/mol. The van der Waals surface area contributed by atoms with Crippen molar-refractivity contribution in [2.45, 2.75) is 51.4 Å². The van der Waals surface area contributed by atoms with Gasteiger partial charge in [0.15, 0.2) is 0 Å². The Hall–Kier alpha value is -1.50. The number of carbonyl (C=O) groups is 1. The molecule has 26 heavy (non-hydrogen) atoms. The highest BCUT2D eigenvalue weighted by Gasteiger charge is 2.26. The molecular weight excluding hydrogens is 356 g/mol. The van der Waals surface area contributed by atoms with E-state index in [2.05, 4.69) is 5.32 Å². The molecule has 2 N–H and O–H groups in total. The van der Waals surface area contributed by atoms with Crippen LogP contribution in [0.15, 0.2) is 24.3 Å². The Labute approximate surface area is 160 Å². The Morgan fingerprint density at radius 1 is 1.35 bits per heavy atom. The van der Waals surface area contributed by atoms with E-state index in [-0.39, 0.29) is 18.7 Å². The van der Waals surface area contributed by atoms with Crippen LogP contribution in [-0.2, 0) is 4.74 Å². The molecule has 7 heteroatoms. The molecule has 0 bridgehead atoms. The zero-order valence-electron chi connectivity index (χ0n) is 15.7. The lowest BCUT2D eigenvalue weighted by Crippen LogP contribution is -2.48. The van der Waals surface area contributed by atoms with Gasteiger partial charge in [0, 0.05) is 25.7 Å². The Morgan fingerprint density at radius 2 is 2.00 bits per heavy atom. The third kappa shape index (κ3) is 7.02. The van der Waals surface area contributed by atoms with Crippen LogP contribution in [0.5, 0.6) is 5.75 Å². The summed E-state index contributed by atoms with van der Waals surface area (Å²) in [4.78, 5) is 13.8. The van der Waals surface area contributed by atoms with Crippen LogP contribution in [0.25, 0.3) is 0 Å². The molecule has 6 nitrogen and oxygen atoms in total. The maximum absolute atomic E-state index is 12.0. The molecule has 1 saturated heterocycles. The molecule has 1 aromatic carbocycles. The number of halogens is 1. The first-order valence-corrected chi connectivity index (χ1v) is 9.39. The van der Waals surface area contributed by atoms with Gasteiger partial charge in [-0.15, -0.1) is 0 Å². The van der Waals surface area contributed by atoms with E-state index < -0.39 is 11.7 Å². The average molecular weight is 385 g/mol. The first kappa shape index (κ1) is 20.8. The van der Waals surface area contributed by atoms with Crippen molar-refractivity contribution in [1.82, 2.24) is 10.2 Å². The van der Waals surface area contributed by atoms with E-state index in [1.165, 1.54) is 0 Å². The van der Waals surface area contributed by atoms with Crippen LogP contribution in [0.4, 0.5) is 4.79 Å². The van der Waals surface area contributed by atoms with Gasteiger partial charge >= 0.3 is 6.09 Å². The van der Waals surface area contributed by atoms with Crippen molar-refractivity contribution in [3.63, 3.8) is 0 Å². The van der Waals surface area contributed by atoms with Gasteiger partial charge in [0.25, 0.3) is 0 Å². The highest BCUT2D eigenvalue weighted by Crippen LogP contribution is 2.23. The second-order valence-corrected chi connectivity index (χ2v) is 7.95. The topological polar surface area (TPSA) is 71.0 Å². The zero-order valence-corrected chi connectivity index (χ0v) is 16.5. The molecule has 0 spiro atoms. The molecule has 0 aliphatic carbocycles. The fourth-order valence-electron chi connectivity index (χ4n) is 2.70. The number of piperidine rings is 1. The number of hydrogen-bond donors (Lipinski definition) is 2. The highest BCUT2D eigenvalue weighted by molar-refractivity contribution is 6.32. The van der Waals surface area contributed by atoms with E-state index in [0.717, 1.165) is 12.8 Å². The maximum Gasteiger partial charge on any atom is 0.410 e. The maximum atomic E-state index is 12.0. The molecule has 1 aliphatic rings. The zero-order chi connectivity index (χ0) is 19.2. The third-order valence-electron chi connectivity index (χ3n) is 4.06. The number of nitrogens with one attached hydrogen (secondary N) is 1. The smallest absolute Gasteiger partial charge is 0.410 e. The summed E-state index contributed by atoms with van der Waals surface area (Å²) < 4.78 is 10.9. The number of amides is 1. The summed E-state index contributed by atoms with van der Waals surface area (Å²) in [5.41, 5.74) is -0.474. The fraction of sp³-hybridized carbons (Fsp3) is 0.632. The summed E-state index contributed by atoms with van der Waals surface area (Å²) in [7, 11) is 0. The monoisotopic (exact) mass is 384 g/mol. The number of hydrogen-bond acceptors (Lipinski definition) is 5. The molecule has 0 aromatic heterocycles. The Balaban J connectivity index is 1.65. The van der Waals surface area contributed by atoms with Crippen molar-refractivity contribution in [2.24, 2.45) is 0 Å². The number of ether oxygens (including phenoxy) is 2. The van der Waals surface area contributed by atoms with E-state index in [1.54, 1.807) is 17.0 Å². The summed E-state index contributed by atoms with van der Waals surface area (Å²) in [6.07, 6.45) is 0.772. The van der Waals surface area contributed by atoms with Gasteiger partial charge < -0.3 is 24.8 Å². The summed E-state index contributed by atoms with van der Waals surface area (Å²) in [5, 5.41) is 14.0. The van der Waals surface area contributed by atoms with Gasteiger partial charge in [-0.2, -0.15) is 0 Å². The van der Waals surface area contributed by atoms with Crippen LogP contribution in [-0.4, -0.2) is 60.1 Å². The lowest BCUT2D eigenvalue weighted by Gasteiger charge is -2.34. The highest BCUT2D eigenvalue weighted by atomic mass is 35.5. The molecule has 0 saturated carbocycles. The summed E-state index contributed by atoms with van der Waals surface area (Å²) in [6.45, 7) is 7.51. The molecule has 2 rings (SSSR count). The van der Waals surface area contributed by atoms with E-state index >= 15 is 0 Å². The number of nitrogens with zero attached hydrogens (tertiary/aromatic N) is 1. The number of benzene rings is 1. The molecular formula is C19H29ClN2O4. The van der Waals surface area contributed by atoms with Crippen molar-refractivity contribution in [1.29, 1.82) is 0 Å². The first-order chi connectivity index (χ1) is 12.2. The molecule has 1 atom stereocenters. The Kier molecular flexibility index (Phi) is 7.55. The van der Waals surface area contributed by atoms with Gasteiger partial charge in [-0.05, 0) is 45.7 Å². The standard InChI is InChI=1S/C19H29ClN2O4/c1-19(2,3)26-18(24)22-10-8-14(9-11-22)21-12-15(23)13-25-17-7-5-4-6-16(17)20/h4-7,14-15,21,23H,8-13H2,1-3H3/t15-/m0/s1. The van der Waals surface area contributed by atoms with Gasteiger partial charge in [0.2, 0.25) is 0 Å². The van der Waals surface area contributed by atoms with Crippen LogP contribution in [0.3, 0.4) is 0 Å². The van der Waals surface area contributed by atoms with Crippen molar-refractivity contribution >= 4 is 17.7 Å². The number of rotatable bonds is 6. The largest absolute Gasteiger partial charge is 0.489 e. The average Bonchev–Trinajstić information content (AvgIpc) is 2.58. The SMILES string of the molecule is CC(C)(C)OC(=O)N1CCC(NC[C@H](O)COc2ccccc2Cl)CC1. The van der Waals surface area contributed by atoms with Gasteiger partial charge in [-0.3, -0.25) is 0 Å². The van der Waals surface area contributed by atoms with Crippen molar-refractivity contribution in [2.75, 3.05) is 26.2 Å². The van der Waals surface area contributed by atoms with Crippen molar-refractivity contribution in [3.8, 4) is 5.75 Å². The fourth-order valence-corrected chi connectivity index (χ4v) is 2.89. The summed E-state index contributed by atoms with van der Waals surface area (Å²) in [6, 6.07) is 7.46. The predicted octanol–water partition coefficient (Wildman–Crippen LogP) is 3.07. The van der Waals surface area contributed by atoms with Crippen LogP contribution in [0, 0.1) is 0 Å². The van der Waals surface area contributed by atoms with Gasteiger partial charge in [-0.1, -0.05) is 23.7 Å². The molecule has 0 radical (unpaired) electrons. The third-order valence-corrected chi connectivity index (χ3v) is 4.37. The van der Waals surface area contributed by atoms with E-state index in [1.807, 2.05) is 32.9 Å². The number of para-hydroxylation sites is 1. The lowest BCUT2D eigenvalue weighted by atomic mass is 10.1. The number of aliphatic hydroxyl groups is 1. The summed E-state index contributed by atoms with van der Waals surface area (Å²) >= 11 is 6.02. The number of aliphatic hydroxyl groups excluding tert-OH is 1. The molecule has 1 amide bonds. The minimum atomic E-state index is -0.629. The van der Waals surface area contributed by atoms with Crippen LogP contribution >= 0.6 is 11.6 Å². The van der Waals surface area contributed by atoms with Gasteiger partial charge in [0.1, 0.15) is 24.1 Å². The molecule has 146 valence electrons. The minimum Gasteiger partial charge on any atom is -0.489 e. The Morgan fingerprint density at radius 3 is 2.62 bits per heavy atom.